The van der Waals surface area contributed by atoms with Crippen molar-refractivity contribution in [3.8, 4) is 16.9 Å². The topological polar surface area (TPSA) is 188 Å². The number of piperazine rings is 1. The maximum absolute atomic E-state index is 13.7. The number of piperidine rings is 1. The first-order valence-electron chi connectivity index (χ1n) is 25.0. The van der Waals surface area contributed by atoms with Crippen LogP contribution in [0.4, 0.5) is 16.6 Å². The minimum atomic E-state index is -1.11. The number of anilines is 3. The van der Waals surface area contributed by atoms with Crippen LogP contribution < -0.4 is 25.2 Å². The third kappa shape index (κ3) is 9.51. The predicted molar refractivity (Wildman–Crippen MR) is 278 cm³/mol. The minimum Gasteiger partial charge on any atom is -0.490 e. The molecule has 72 heavy (non-hydrogen) atoms. The number of carboxylic acid groups (broad SMARTS) is 1. The summed E-state index contributed by atoms with van der Waals surface area (Å²) in [6, 6.07) is 29.3. The van der Waals surface area contributed by atoms with Crippen LogP contribution in [0, 0.1) is 6.92 Å². The quantitative estimate of drug-likeness (QED) is 0.0759. The fourth-order valence-corrected chi connectivity index (χ4v) is 11.9. The summed E-state index contributed by atoms with van der Waals surface area (Å²) in [5, 5.41) is 22.3. The lowest BCUT2D eigenvalue weighted by Gasteiger charge is -2.36. The van der Waals surface area contributed by atoms with E-state index in [-0.39, 0.29) is 29.5 Å². The lowest BCUT2D eigenvalue weighted by atomic mass is 9.92. The Hall–Kier alpha value is -7.21. The molecule has 4 N–H and O–H groups in total. The number of rotatable bonds is 13. The normalized spacial score (nSPS) is 19.6. The van der Waals surface area contributed by atoms with Crippen LogP contribution in [0.2, 0.25) is 0 Å². The number of aryl methyl sites for hydroxylation is 1. The molecule has 6 heterocycles. The highest BCUT2D eigenvalue weighted by Gasteiger charge is 2.34. The Morgan fingerprint density at radius 1 is 0.847 bits per heavy atom. The zero-order valence-corrected chi connectivity index (χ0v) is 41.3. The van der Waals surface area contributed by atoms with Crippen LogP contribution in [0.15, 0.2) is 91.0 Å². The Kier molecular flexibility index (Phi) is 13.2. The van der Waals surface area contributed by atoms with Gasteiger partial charge in [0.25, 0.3) is 5.91 Å². The SMILES string of the molecule is Cc1c(OC2CCC([OH+]CCN3CCN(c4cccc5c(C6CCC(=O)NC6=O)nn(C)c45)CC3)CC2)cccc1-c1ccc(N2CCc3cccc(C(=O)Nc4nc5ccccc5s4)c3C2)nc1C(=O)O. The number of carbonyl (C=O) groups is 4. The summed E-state index contributed by atoms with van der Waals surface area (Å²) in [5.74, 6) is -0.989. The molecule has 3 aromatic heterocycles. The van der Waals surface area contributed by atoms with E-state index in [4.69, 9.17) is 19.6 Å². The van der Waals surface area contributed by atoms with Crippen LogP contribution in [-0.2, 0) is 29.6 Å². The number of aliphatic hydroxyl groups is 2. The average Bonchev–Trinajstić information content (AvgIpc) is 3.96. The summed E-state index contributed by atoms with van der Waals surface area (Å²) in [6.45, 7) is 8.34. The van der Waals surface area contributed by atoms with E-state index in [0.29, 0.717) is 60.5 Å². The number of aromatic nitrogens is 4. The molecule has 0 spiro atoms. The average molecular weight is 989 g/mol. The van der Waals surface area contributed by atoms with Crippen molar-refractivity contribution in [2.75, 3.05) is 61.0 Å². The number of carboxylic acids is 1. The summed E-state index contributed by atoms with van der Waals surface area (Å²) < 4.78 is 14.7. The Morgan fingerprint density at radius 3 is 2.46 bits per heavy atom. The third-order valence-corrected chi connectivity index (χ3v) is 15.9. The second-order valence-electron chi connectivity index (χ2n) is 19.3. The number of benzene rings is 4. The number of amides is 3. The van der Waals surface area contributed by atoms with Gasteiger partial charge in [0.15, 0.2) is 23.5 Å². The predicted octanol–water partition coefficient (Wildman–Crippen LogP) is 7.63. The van der Waals surface area contributed by atoms with Gasteiger partial charge in [0.2, 0.25) is 11.8 Å². The highest BCUT2D eigenvalue weighted by molar-refractivity contribution is 7.22. The Balaban J connectivity index is 0.672. The van der Waals surface area contributed by atoms with Crippen molar-refractivity contribution in [3.63, 3.8) is 0 Å². The van der Waals surface area contributed by atoms with E-state index in [1.54, 1.807) is 0 Å². The Morgan fingerprint density at radius 2 is 1.65 bits per heavy atom. The first-order valence-corrected chi connectivity index (χ1v) is 25.8. The molecule has 11 rings (SSSR count). The van der Waals surface area contributed by atoms with E-state index in [2.05, 4.69) is 31.5 Å². The molecule has 3 amide bonds. The van der Waals surface area contributed by atoms with Crippen molar-refractivity contribution in [2.24, 2.45) is 7.05 Å². The van der Waals surface area contributed by atoms with Gasteiger partial charge < -0.3 is 24.4 Å². The first-order chi connectivity index (χ1) is 35.0. The molecule has 1 saturated carbocycles. The molecule has 4 aromatic carbocycles. The summed E-state index contributed by atoms with van der Waals surface area (Å²) in [6.07, 6.45) is 5.51. The summed E-state index contributed by atoms with van der Waals surface area (Å²) in [5.41, 5.74) is 8.36. The molecule has 1 unspecified atom stereocenters. The summed E-state index contributed by atoms with van der Waals surface area (Å²) in [7, 11) is 1.93. The first kappa shape index (κ1) is 47.1. The number of aromatic carboxylic acids is 1. The number of fused-ring (bicyclic) bond motifs is 3. The number of nitrogens with one attached hydrogen (secondary N) is 2. The van der Waals surface area contributed by atoms with Crippen LogP contribution in [0.25, 0.3) is 32.2 Å². The third-order valence-electron chi connectivity index (χ3n) is 14.9. The molecule has 2 saturated heterocycles. The molecule has 0 radical (unpaired) electrons. The van der Waals surface area contributed by atoms with Crippen molar-refractivity contribution >= 4 is 72.8 Å². The van der Waals surface area contributed by atoms with Gasteiger partial charge in [-0.05, 0) is 97.3 Å². The van der Waals surface area contributed by atoms with Crippen LogP contribution in [0.5, 0.6) is 5.75 Å². The molecule has 0 bridgehead atoms. The molecule has 17 heteroatoms. The van der Waals surface area contributed by atoms with Crippen LogP contribution in [-0.4, -0.2) is 116 Å². The molecule has 1 atom stereocenters. The van der Waals surface area contributed by atoms with Gasteiger partial charge in [0, 0.05) is 82.1 Å². The fraction of sp³-hybridized carbons (Fsp3) is 0.364. The van der Waals surface area contributed by atoms with E-state index < -0.39 is 11.9 Å². The standard InChI is InChI=1S/C55H57N9O7S/c1-33-37(38-20-22-47(57-50(38)54(68)69)64-25-24-34-8-5-10-39(42(34)32-64)52(66)59-55-56-43-12-3-4-15-46(43)72-55)9-7-14-45(33)71-36-18-16-35(17-19-36)70-31-30-62-26-28-63(29-27-62)44-13-6-11-40-49(60-61(2)51(40)44)41-21-23-48(65)58-53(41)67/h3-15,20,22,35-36,41H,16-19,21,23-32H2,1-2H3,(H,68,69)(H,56,59,66)(H,58,65,67)/p+1. The van der Waals surface area contributed by atoms with Gasteiger partial charge in [0.05, 0.1) is 45.7 Å². The number of thiazole rings is 1. The second-order valence-corrected chi connectivity index (χ2v) is 20.4. The van der Waals surface area contributed by atoms with E-state index in [9.17, 15) is 24.3 Å². The molecule has 7 aromatic rings. The Labute approximate surface area is 420 Å². The number of hydrogen-bond acceptors (Lipinski definition) is 12. The fourth-order valence-electron chi connectivity index (χ4n) is 11.0. The van der Waals surface area contributed by atoms with E-state index in [1.807, 2.05) is 108 Å². The number of hydrogen-bond donors (Lipinski definition) is 3. The highest BCUT2D eigenvalue weighted by atomic mass is 32.1. The second kappa shape index (κ2) is 20.1. The van der Waals surface area contributed by atoms with Crippen LogP contribution >= 0.6 is 11.3 Å². The number of pyridine rings is 1. The number of para-hydroxylation sites is 2. The largest absolute Gasteiger partial charge is 0.490 e. The number of carbonyl (C=O) groups excluding carboxylic acids is 3. The lowest BCUT2D eigenvalue weighted by molar-refractivity contribution is -0.134. The van der Waals surface area contributed by atoms with Crippen LogP contribution in [0.3, 0.4) is 0 Å². The van der Waals surface area contributed by atoms with Gasteiger partial charge in [-0.25, -0.2) is 14.8 Å². The van der Waals surface area contributed by atoms with Crippen molar-refractivity contribution in [2.45, 2.75) is 76.5 Å². The lowest BCUT2D eigenvalue weighted by Crippen LogP contribution is -2.48. The smallest absolute Gasteiger partial charge is 0.355 e. The van der Waals surface area contributed by atoms with Crippen LogP contribution in [0.1, 0.15) is 87.7 Å². The van der Waals surface area contributed by atoms with Gasteiger partial charge in [0.1, 0.15) is 11.6 Å². The summed E-state index contributed by atoms with van der Waals surface area (Å²) in [4.78, 5) is 67.3. The zero-order valence-electron chi connectivity index (χ0n) is 40.5. The maximum atomic E-state index is 13.7. The number of imide groups is 1. The molecular formula is C55H58N9O7S+. The van der Waals surface area contributed by atoms with Gasteiger partial charge in [-0.15, -0.1) is 0 Å². The van der Waals surface area contributed by atoms with Gasteiger partial charge in [-0.2, -0.15) is 5.10 Å². The molecule has 1 aliphatic carbocycles. The maximum Gasteiger partial charge on any atom is 0.355 e. The monoisotopic (exact) mass is 988 g/mol. The van der Waals surface area contributed by atoms with Gasteiger partial charge >= 0.3 is 5.97 Å². The highest BCUT2D eigenvalue weighted by Crippen LogP contribution is 2.38. The van der Waals surface area contributed by atoms with Crippen molar-refractivity contribution in [3.05, 3.63) is 125 Å². The van der Waals surface area contributed by atoms with E-state index in [1.165, 1.54) is 11.3 Å². The van der Waals surface area contributed by atoms with E-state index >= 15 is 0 Å². The molecule has 16 nitrogen and oxygen atoms in total. The van der Waals surface area contributed by atoms with E-state index in [0.717, 1.165) is 126 Å². The molecule has 4 aliphatic rings. The van der Waals surface area contributed by atoms with Crippen molar-refractivity contribution in [1.29, 1.82) is 0 Å². The van der Waals surface area contributed by atoms with Crippen molar-refractivity contribution < 1.29 is 33.8 Å². The number of ether oxygens (including phenoxy) is 2. The summed E-state index contributed by atoms with van der Waals surface area (Å²) >= 11 is 1.43. The molecule has 3 aliphatic heterocycles. The number of nitrogens with zero attached hydrogens (tertiary/aromatic N) is 7. The van der Waals surface area contributed by atoms with Gasteiger partial charge in [-0.3, -0.25) is 34.6 Å². The minimum absolute atomic E-state index is 0.0335. The zero-order chi connectivity index (χ0) is 49.5. The van der Waals surface area contributed by atoms with Gasteiger partial charge in [-0.1, -0.05) is 59.9 Å². The van der Waals surface area contributed by atoms with Crippen molar-refractivity contribution in [1.82, 2.24) is 30.0 Å². The molecule has 370 valence electrons. The molecule has 3 fully saturated rings. The molecular weight excluding hydrogens is 931 g/mol. The Bertz CT molecular complexity index is 3190.